The molecule has 0 unspecified atom stereocenters. The van der Waals surface area contributed by atoms with Crippen molar-refractivity contribution in [2.45, 2.75) is 0 Å². The first-order valence-corrected chi connectivity index (χ1v) is 10.9. The molecule has 0 amide bonds. The van der Waals surface area contributed by atoms with E-state index in [-0.39, 0.29) is 0 Å². The molecule has 0 aliphatic carbocycles. The molecular weight excluding hydrogens is 384 g/mol. The molecule has 4 aromatic carbocycles. The monoisotopic (exact) mass is 402 g/mol. The number of fused-ring (bicyclic) bond motifs is 6. The summed E-state index contributed by atoms with van der Waals surface area (Å²) in [4.78, 5) is 9.76. The second kappa shape index (κ2) is 6.97. The maximum absolute atomic E-state index is 4.92. The lowest BCUT2D eigenvalue weighted by molar-refractivity contribution is 1.30. The van der Waals surface area contributed by atoms with Gasteiger partial charge in [0, 0.05) is 15.6 Å². The van der Waals surface area contributed by atoms with Gasteiger partial charge >= 0.3 is 0 Å². The summed E-state index contributed by atoms with van der Waals surface area (Å²) in [7, 11) is 0. The van der Waals surface area contributed by atoms with Crippen LogP contribution in [0.5, 0.6) is 0 Å². The summed E-state index contributed by atoms with van der Waals surface area (Å²) in [5.41, 5.74) is 4.53. The van der Waals surface area contributed by atoms with Crippen molar-refractivity contribution in [2.24, 2.45) is 0 Å². The van der Waals surface area contributed by atoms with Gasteiger partial charge < -0.3 is 4.98 Å². The molecule has 0 spiro atoms. The van der Waals surface area contributed by atoms with Gasteiger partial charge in [-0.2, -0.15) is 0 Å². The zero-order chi connectivity index (χ0) is 19.9. The average molecular weight is 403 g/mol. The largest absolute Gasteiger partial charge is 0.338 e. The normalized spacial score (nSPS) is 11.9. The van der Waals surface area contributed by atoms with Gasteiger partial charge in [-0.05, 0) is 39.4 Å². The van der Waals surface area contributed by atoms with Crippen LogP contribution in [0.2, 0.25) is 0 Å². The van der Waals surface area contributed by atoms with E-state index in [0.717, 1.165) is 22.4 Å². The summed E-state index contributed by atoms with van der Waals surface area (Å²) in [5, 5.41) is 7.00. The van der Waals surface area contributed by atoms with E-state index >= 15 is 0 Å². The zero-order valence-electron chi connectivity index (χ0n) is 16.2. The summed E-state index contributed by atoms with van der Waals surface area (Å²) in [6.07, 6.45) is 4.17. The van der Waals surface area contributed by atoms with E-state index in [2.05, 4.69) is 107 Å². The molecule has 0 atom stereocenters. The van der Waals surface area contributed by atoms with Crippen LogP contribution in [0.3, 0.4) is 0 Å². The molecule has 142 valence electrons. The third-order valence-electron chi connectivity index (χ3n) is 5.54. The topological polar surface area (TPSA) is 28.7 Å². The molecule has 0 bridgehead atoms. The Balaban J connectivity index is 1.43. The molecular formula is C27H18N2S. The number of aromatic amines is 1. The van der Waals surface area contributed by atoms with Gasteiger partial charge in [-0.25, -0.2) is 4.98 Å². The van der Waals surface area contributed by atoms with Crippen LogP contribution in [0.25, 0.3) is 55.2 Å². The summed E-state index contributed by atoms with van der Waals surface area (Å²) < 4.78 is 0. The second-order valence-electron chi connectivity index (χ2n) is 7.37. The molecule has 2 nitrogen and oxygen atoms in total. The van der Waals surface area contributed by atoms with E-state index in [1.165, 1.54) is 32.0 Å². The van der Waals surface area contributed by atoms with Crippen LogP contribution < -0.4 is 0 Å². The molecule has 30 heavy (non-hydrogen) atoms. The van der Waals surface area contributed by atoms with Crippen molar-refractivity contribution < 1.29 is 0 Å². The number of nitrogens with zero attached hydrogens (tertiary/aromatic N) is 1. The molecule has 3 heteroatoms. The SMILES string of the molecule is C(=C\c1nc2c3ccccc3c3ccccc3c2[nH]1)/c1ccc(-c2cccs2)cc1. The third kappa shape index (κ3) is 2.83. The van der Waals surface area contributed by atoms with E-state index in [9.17, 15) is 0 Å². The number of imidazole rings is 1. The minimum atomic E-state index is 0.869. The molecule has 0 aliphatic heterocycles. The fourth-order valence-corrected chi connectivity index (χ4v) is 4.83. The summed E-state index contributed by atoms with van der Waals surface area (Å²) in [5.74, 6) is 0.869. The number of hydrogen-bond donors (Lipinski definition) is 1. The number of nitrogens with one attached hydrogen (secondary N) is 1. The highest BCUT2D eigenvalue weighted by atomic mass is 32.1. The number of H-pyrrole nitrogens is 1. The Bertz CT molecular complexity index is 1450. The minimum absolute atomic E-state index is 0.869. The highest BCUT2D eigenvalue weighted by Crippen LogP contribution is 2.33. The molecule has 2 heterocycles. The minimum Gasteiger partial charge on any atom is -0.338 e. The Morgan fingerprint density at radius 3 is 2.10 bits per heavy atom. The molecule has 0 saturated carbocycles. The van der Waals surface area contributed by atoms with Gasteiger partial charge in [-0.1, -0.05) is 84.9 Å². The van der Waals surface area contributed by atoms with Gasteiger partial charge in [0.05, 0.1) is 11.0 Å². The van der Waals surface area contributed by atoms with Crippen LogP contribution in [0.4, 0.5) is 0 Å². The molecule has 0 radical (unpaired) electrons. The number of rotatable bonds is 3. The first-order chi connectivity index (χ1) is 14.9. The maximum Gasteiger partial charge on any atom is 0.131 e. The maximum atomic E-state index is 4.92. The van der Waals surface area contributed by atoms with Crippen LogP contribution in [0.1, 0.15) is 11.4 Å². The van der Waals surface area contributed by atoms with Gasteiger partial charge in [0.2, 0.25) is 0 Å². The predicted octanol–water partition coefficient (Wildman–Crippen LogP) is 7.77. The van der Waals surface area contributed by atoms with Gasteiger partial charge in [-0.3, -0.25) is 0 Å². The average Bonchev–Trinajstić information content (AvgIpc) is 3.49. The lowest BCUT2D eigenvalue weighted by Crippen LogP contribution is -1.81. The Labute approximate surface area is 178 Å². The van der Waals surface area contributed by atoms with Crippen LogP contribution in [-0.4, -0.2) is 9.97 Å². The number of aromatic nitrogens is 2. The summed E-state index contributed by atoms with van der Waals surface area (Å²) in [6.45, 7) is 0. The molecule has 0 aliphatic rings. The fourth-order valence-electron chi connectivity index (χ4n) is 4.10. The summed E-state index contributed by atoms with van der Waals surface area (Å²) in [6, 6.07) is 29.9. The predicted molar refractivity (Wildman–Crippen MR) is 130 cm³/mol. The smallest absolute Gasteiger partial charge is 0.131 e. The van der Waals surface area contributed by atoms with E-state index in [4.69, 9.17) is 4.98 Å². The lowest BCUT2D eigenvalue weighted by atomic mass is 10.0. The van der Waals surface area contributed by atoms with Gasteiger partial charge in [0.15, 0.2) is 0 Å². The van der Waals surface area contributed by atoms with Crippen molar-refractivity contribution in [1.82, 2.24) is 9.97 Å². The first-order valence-electron chi connectivity index (χ1n) is 9.98. The molecule has 2 aromatic heterocycles. The molecule has 6 rings (SSSR count). The van der Waals surface area contributed by atoms with E-state index in [0.29, 0.717) is 0 Å². The molecule has 1 N–H and O–H groups in total. The third-order valence-corrected chi connectivity index (χ3v) is 6.46. The van der Waals surface area contributed by atoms with E-state index in [1.807, 2.05) is 0 Å². The number of hydrogen-bond acceptors (Lipinski definition) is 2. The highest BCUT2D eigenvalue weighted by Gasteiger charge is 2.11. The Hall–Kier alpha value is -3.69. The van der Waals surface area contributed by atoms with Crippen molar-refractivity contribution in [3.05, 3.63) is 102 Å². The van der Waals surface area contributed by atoms with Crippen LogP contribution >= 0.6 is 11.3 Å². The van der Waals surface area contributed by atoms with Crippen molar-refractivity contribution >= 4 is 56.1 Å². The van der Waals surface area contributed by atoms with Gasteiger partial charge in [-0.15, -0.1) is 11.3 Å². The fraction of sp³-hybridized carbons (Fsp3) is 0. The highest BCUT2D eigenvalue weighted by molar-refractivity contribution is 7.13. The van der Waals surface area contributed by atoms with Crippen LogP contribution in [0.15, 0.2) is 90.3 Å². The Morgan fingerprint density at radius 1 is 0.667 bits per heavy atom. The Morgan fingerprint density at radius 2 is 1.37 bits per heavy atom. The quantitative estimate of drug-likeness (QED) is 0.301. The lowest BCUT2D eigenvalue weighted by Gasteiger charge is -2.05. The number of thiophene rings is 1. The molecule has 6 aromatic rings. The van der Waals surface area contributed by atoms with Crippen molar-refractivity contribution in [3.63, 3.8) is 0 Å². The Kier molecular flexibility index (Phi) is 4.00. The van der Waals surface area contributed by atoms with E-state index in [1.54, 1.807) is 11.3 Å². The molecule has 0 saturated heterocycles. The first kappa shape index (κ1) is 17.2. The van der Waals surface area contributed by atoms with E-state index < -0.39 is 0 Å². The van der Waals surface area contributed by atoms with Gasteiger partial charge in [0.25, 0.3) is 0 Å². The standard InChI is InChI=1S/C27H18N2S/c1-3-8-22-20(6-1)21-7-2-4-9-23(21)27-26(22)28-25(29-27)16-13-18-11-14-19(15-12-18)24-10-5-17-30-24/h1-17H,(H,28,29)/b16-13+. The number of benzene rings is 4. The van der Waals surface area contributed by atoms with Crippen LogP contribution in [-0.2, 0) is 0 Å². The second-order valence-corrected chi connectivity index (χ2v) is 8.32. The summed E-state index contributed by atoms with van der Waals surface area (Å²) >= 11 is 1.76. The van der Waals surface area contributed by atoms with Gasteiger partial charge in [0.1, 0.15) is 5.82 Å². The van der Waals surface area contributed by atoms with Crippen LogP contribution in [0, 0.1) is 0 Å². The zero-order valence-corrected chi connectivity index (χ0v) is 17.0. The van der Waals surface area contributed by atoms with Crippen molar-refractivity contribution in [2.75, 3.05) is 0 Å². The molecule has 0 fully saturated rings. The van der Waals surface area contributed by atoms with Crippen molar-refractivity contribution in [3.8, 4) is 10.4 Å². The van der Waals surface area contributed by atoms with Crippen molar-refractivity contribution in [1.29, 1.82) is 0 Å².